The number of hydrogen-bond donors (Lipinski definition) is 2. The number of halogens is 1. The SMILES string of the molecule is COc1ccc(CNC(=O)COC(=O)CNC(=O)c2ccc(Cl)cc2)cc1OC. The summed E-state index contributed by atoms with van der Waals surface area (Å²) in [5.74, 6) is -0.526. The molecule has 154 valence electrons. The van der Waals surface area contributed by atoms with Gasteiger partial charge in [-0.15, -0.1) is 0 Å². The Morgan fingerprint density at radius 1 is 0.931 bits per heavy atom. The Labute approximate surface area is 173 Å². The highest BCUT2D eigenvalue weighted by atomic mass is 35.5. The predicted octanol–water partition coefficient (Wildman–Crippen LogP) is 1.95. The summed E-state index contributed by atoms with van der Waals surface area (Å²) in [5, 5.41) is 5.54. The van der Waals surface area contributed by atoms with Gasteiger partial charge in [-0.2, -0.15) is 0 Å². The van der Waals surface area contributed by atoms with Crippen molar-refractivity contribution in [2.75, 3.05) is 27.4 Å². The largest absolute Gasteiger partial charge is 0.493 e. The van der Waals surface area contributed by atoms with E-state index in [0.29, 0.717) is 22.1 Å². The van der Waals surface area contributed by atoms with Crippen LogP contribution in [0.3, 0.4) is 0 Å². The second-order valence-electron chi connectivity index (χ2n) is 5.82. The van der Waals surface area contributed by atoms with Crippen LogP contribution in [-0.2, 0) is 20.9 Å². The van der Waals surface area contributed by atoms with Gasteiger partial charge in [0.1, 0.15) is 6.54 Å². The van der Waals surface area contributed by atoms with Crippen LogP contribution in [0.15, 0.2) is 42.5 Å². The number of hydrogen-bond acceptors (Lipinski definition) is 6. The summed E-state index contributed by atoms with van der Waals surface area (Å²) in [7, 11) is 3.05. The number of carbonyl (C=O) groups excluding carboxylic acids is 3. The molecule has 0 saturated carbocycles. The van der Waals surface area contributed by atoms with E-state index in [1.54, 1.807) is 30.3 Å². The van der Waals surface area contributed by atoms with Crippen molar-refractivity contribution in [3.63, 3.8) is 0 Å². The molecular formula is C20H21ClN2O6. The molecule has 0 bridgehead atoms. The molecule has 2 amide bonds. The molecule has 2 aromatic rings. The number of rotatable bonds is 9. The lowest BCUT2D eigenvalue weighted by atomic mass is 10.2. The fourth-order valence-electron chi connectivity index (χ4n) is 2.30. The van der Waals surface area contributed by atoms with Gasteiger partial charge in [0, 0.05) is 17.1 Å². The summed E-state index contributed by atoms with van der Waals surface area (Å²) in [4.78, 5) is 35.4. The lowest BCUT2D eigenvalue weighted by molar-refractivity contribution is -0.147. The smallest absolute Gasteiger partial charge is 0.325 e. The van der Waals surface area contributed by atoms with E-state index in [1.165, 1.54) is 26.4 Å². The zero-order valence-electron chi connectivity index (χ0n) is 16.0. The molecule has 0 unspecified atom stereocenters. The number of nitrogens with one attached hydrogen (secondary N) is 2. The average Bonchev–Trinajstić information content (AvgIpc) is 2.74. The molecule has 0 atom stereocenters. The maximum absolute atomic E-state index is 11.9. The van der Waals surface area contributed by atoms with Crippen LogP contribution >= 0.6 is 11.6 Å². The summed E-state index contributed by atoms with van der Waals surface area (Å²) in [5.41, 5.74) is 1.15. The Balaban J connectivity index is 1.71. The summed E-state index contributed by atoms with van der Waals surface area (Å²) < 4.78 is 15.2. The summed E-state index contributed by atoms with van der Waals surface area (Å²) in [6, 6.07) is 11.4. The van der Waals surface area contributed by atoms with Crippen molar-refractivity contribution in [3.8, 4) is 11.5 Å². The normalized spacial score (nSPS) is 10.0. The first-order chi connectivity index (χ1) is 13.9. The van der Waals surface area contributed by atoms with Crippen LogP contribution in [-0.4, -0.2) is 45.2 Å². The van der Waals surface area contributed by atoms with Gasteiger partial charge in [0.25, 0.3) is 11.8 Å². The average molecular weight is 421 g/mol. The van der Waals surface area contributed by atoms with Gasteiger partial charge in [0.15, 0.2) is 18.1 Å². The van der Waals surface area contributed by atoms with E-state index in [0.717, 1.165) is 5.56 Å². The van der Waals surface area contributed by atoms with Crippen molar-refractivity contribution in [1.29, 1.82) is 0 Å². The van der Waals surface area contributed by atoms with E-state index < -0.39 is 24.4 Å². The van der Waals surface area contributed by atoms with Crippen LogP contribution in [0.1, 0.15) is 15.9 Å². The van der Waals surface area contributed by atoms with E-state index in [4.69, 9.17) is 25.8 Å². The van der Waals surface area contributed by atoms with Gasteiger partial charge in [0.05, 0.1) is 14.2 Å². The van der Waals surface area contributed by atoms with Crippen molar-refractivity contribution in [1.82, 2.24) is 10.6 Å². The Morgan fingerprint density at radius 2 is 1.62 bits per heavy atom. The molecule has 0 saturated heterocycles. The topological polar surface area (TPSA) is 103 Å². The predicted molar refractivity (Wildman–Crippen MR) is 106 cm³/mol. The van der Waals surface area contributed by atoms with Crippen molar-refractivity contribution in [2.24, 2.45) is 0 Å². The Morgan fingerprint density at radius 3 is 2.28 bits per heavy atom. The standard InChI is InChI=1S/C20H21ClN2O6/c1-27-16-8-3-13(9-17(16)28-2)10-22-18(24)12-29-19(25)11-23-20(26)14-4-6-15(21)7-5-14/h3-9H,10-12H2,1-2H3,(H,22,24)(H,23,26). The molecule has 0 aliphatic rings. The summed E-state index contributed by atoms with van der Waals surface area (Å²) in [6.07, 6.45) is 0. The van der Waals surface area contributed by atoms with Crippen LogP contribution in [0.4, 0.5) is 0 Å². The highest BCUT2D eigenvalue weighted by Gasteiger charge is 2.11. The zero-order valence-corrected chi connectivity index (χ0v) is 16.7. The van der Waals surface area contributed by atoms with E-state index >= 15 is 0 Å². The van der Waals surface area contributed by atoms with E-state index in [1.807, 2.05) is 0 Å². The molecule has 2 aromatic carbocycles. The van der Waals surface area contributed by atoms with Crippen molar-refractivity contribution in [3.05, 3.63) is 58.6 Å². The molecule has 0 aliphatic heterocycles. The monoisotopic (exact) mass is 420 g/mol. The van der Waals surface area contributed by atoms with Gasteiger partial charge < -0.3 is 24.8 Å². The summed E-state index contributed by atoms with van der Waals surface area (Å²) >= 11 is 5.75. The first-order valence-corrected chi connectivity index (χ1v) is 8.97. The first-order valence-electron chi connectivity index (χ1n) is 8.60. The van der Waals surface area contributed by atoms with Crippen LogP contribution < -0.4 is 20.1 Å². The fourth-order valence-corrected chi connectivity index (χ4v) is 2.42. The van der Waals surface area contributed by atoms with Crippen molar-refractivity contribution >= 4 is 29.4 Å². The molecule has 29 heavy (non-hydrogen) atoms. The molecule has 0 fully saturated rings. The number of amides is 2. The van der Waals surface area contributed by atoms with Gasteiger partial charge in [-0.3, -0.25) is 14.4 Å². The van der Waals surface area contributed by atoms with Crippen LogP contribution in [0.2, 0.25) is 5.02 Å². The van der Waals surface area contributed by atoms with Gasteiger partial charge in [-0.05, 0) is 42.0 Å². The maximum Gasteiger partial charge on any atom is 0.325 e. The van der Waals surface area contributed by atoms with Crippen LogP contribution in [0.5, 0.6) is 11.5 Å². The molecule has 0 spiro atoms. The second-order valence-corrected chi connectivity index (χ2v) is 6.25. The number of benzene rings is 2. The van der Waals surface area contributed by atoms with Crippen LogP contribution in [0, 0.1) is 0 Å². The second kappa shape index (κ2) is 10.9. The quantitative estimate of drug-likeness (QED) is 0.601. The molecule has 8 nitrogen and oxygen atoms in total. The molecule has 9 heteroatoms. The molecule has 0 radical (unpaired) electrons. The molecule has 0 heterocycles. The van der Waals surface area contributed by atoms with Crippen molar-refractivity contribution in [2.45, 2.75) is 6.54 Å². The van der Waals surface area contributed by atoms with Gasteiger partial charge in [-0.25, -0.2) is 0 Å². The van der Waals surface area contributed by atoms with Crippen molar-refractivity contribution < 1.29 is 28.6 Å². The lowest BCUT2D eigenvalue weighted by Crippen LogP contribution is -2.33. The number of esters is 1. The summed E-state index contributed by atoms with van der Waals surface area (Å²) in [6.45, 7) is -0.586. The molecule has 2 N–H and O–H groups in total. The minimum absolute atomic E-state index is 0.226. The lowest BCUT2D eigenvalue weighted by Gasteiger charge is -2.10. The molecule has 2 rings (SSSR count). The van der Waals surface area contributed by atoms with E-state index in [9.17, 15) is 14.4 Å². The Kier molecular flexibility index (Phi) is 8.29. The van der Waals surface area contributed by atoms with Gasteiger partial charge in [-0.1, -0.05) is 17.7 Å². The maximum atomic E-state index is 11.9. The van der Waals surface area contributed by atoms with Gasteiger partial charge >= 0.3 is 5.97 Å². The number of methoxy groups -OCH3 is 2. The minimum Gasteiger partial charge on any atom is -0.493 e. The fraction of sp³-hybridized carbons (Fsp3) is 0.250. The third-order valence-electron chi connectivity index (χ3n) is 3.80. The molecular weight excluding hydrogens is 400 g/mol. The first kappa shape index (κ1) is 22.0. The molecule has 0 aromatic heterocycles. The van der Waals surface area contributed by atoms with E-state index in [2.05, 4.69) is 10.6 Å². The number of carbonyl (C=O) groups is 3. The third kappa shape index (κ3) is 7.00. The van der Waals surface area contributed by atoms with E-state index in [-0.39, 0.29) is 13.1 Å². The highest BCUT2D eigenvalue weighted by Crippen LogP contribution is 2.27. The third-order valence-corrected chi connectivity index (χ3v) is 4.05. The zero-order chi connectivity index (χ0) is 21.2. The van der Waals surface area contributed by atoms with Gasteiger partial charge in [0.2, 0.25) is 0 Å². The highest BCUT2D eigenvalue weighted by molar-refractivity contribution is 6.30. The number of ether oxygens (including phenoxy) is 3. The van der Waals surface area contributed by atoms with Crippen LogP contribution in [0.25, 0.3) is 0 Å². The Bertz CT molecular complexity index is 870. The molecule has 0 aliphatic carbocycles. The Hall–Kier alpha value is -3.26. The minimum atomic E-state index is -0.728.